The van der Waals surface area contributed by atoms with E-state index in [1.165, 1.54) is 6.07 Å². The van der Waals surface area contributed by atoms with Crippen molar-refractivity contribution in [3.63, 3.8) is 0 Å². The molecule has 11 heteroatoms. The van der Waals surface area contributed by atoms with Gasteiger partial charge in [-0.3, -0.25) is 15.6 Å². The van der Waals surface area contributed by atoms with Gasteiger partial charge in [-0.25, -0.2) is 0 Å². The van der Waals surface area contributed by atoms with E-state index in [-0.39, 0.29) is 24.3 Å². The number of halogens is 2. The maximum Gasteiger partial charge on any atom is 0.305 e. The molecule has 0 fully saturated rings. The summed E-state index contributed by atoms with van der Waals surface area (Å²) in [6.07, 6.45) is 0. The lowest BCUT2D eigenvalue weighted by Gasteiger charge is -2.11. The summed E-state index contributed by atoms with van der Waals surface area (Å²) in [5, 5.41) is 4.00. The molecule has 0 radical (unpaired) electrons. The highest BCUT2D eigenvalue weighted by atomic mass is 35.5. The van der Waals surface area contributed by atoms with E-state index < -0.39 is 5.91 Å². The molecule has 1 aliphatic heterocycles. The SMILES string of the molecule is O=C(NNC(=S)Nc1ccc2c(c1)OCO2)c1ccc(COc2ccc(Cl)cc2Cl)o1. The minimum Gasteiger partial charge on any atom is -0.484 e. The van der Waals surface area contributed by atoms with Crippen LogP contribution in [-0.2, 0) is 6.61 Å². The van der Waals surface area contributed by atoms with E-state index in [4.69, 9.17) is 54.0 Å². The number of fused-ring (bicyclic) bond motifs is 1. The molecule has 0 bridgehead atoms. The van der Waals surface area contributed by atoms with Crippen molar-refractivity contribution in [2.45, 2.75) is 6.61 Å². The van der Waals surface area contributed by atoms with Gasteiger partial charge in [-0.1, -0.05) is 23.2 Å². The smallest absolute Gasteiger partial charge is 0.305 e. The number of amides is 1. The molecule has 160 valence electrons. The fourth-order valence-corrected chi connectivity index (χ4v) is 3.26. The second kappa shape index (κ2) is 9.34. The van der Waals surface area contributed by atoms with Gasteiger partial charge in [0.15, 0.2) is 22.4 Å². The Balaban J connectivity index is 1.26. The first kappa shape index (κ1) is 21.1. The van der Waals surface area contributed by atoms with Crippen molar-refractivity contribution in [1.29, 1.82) is 0 Å². The molecular weight excluding hydrogens is 465 g/mol. The van der Waals surface area contributed by atoms with Gasteiger partial charge >= 0.3 is 5.91 Å². The molecule has 0 aliphatic carbocycles. The Bertz CT molecular complexity index is 1140. The van der Waals surface area contributed by atoms with Crippen LogP contribution in [0, 0.1) is 0 Å². The van der Waals surface area contributed by atoms with Gasteiger partial charge in [-0.2, -0.15) is 0 Å². The Kier molecular flexibility index (Phi) is 6.36. The van der Waals surface area contributed by atoms with E-state index >= 15 is 0 Å². The summed E-state index contributed by atoms with van der Waals surface area (Å²) in [4.78, 5) is 12.3. The Morgan fingerprint density at radius 1 is 1.03 bits per heavy atom. The molecule has 0 atom stereocenters. The van der Waals surface area contributed by atoms with Gasteiger partial charge in [-0.05, 0) is 54.7 Å². The van der Waals surface area contributed by atoms with E-state index in [0.29, 0.717) is 38.7 Å². The average Bonchev–Trinajstić information content (AvgIpc) is 3.40. The zero-order valence-corrected chi connectivity index (χ0v) is 18.1. The molecular formula is C20H15Cl2N3O5S. The number of anilines is 1. The van der Waals surface area contributed by atoms with Crippen molar-refractivity contribution >= 4 is 52.1 Å². The molecule has 3 aromatic rings. The van der Waals surface area contributed by atoms with Crippen LogP contribution in [-0.4, -0.2) is 17.8 Å². The highest BCUT2D eigenvalue weighted by Crippen LogP contribution is 2.34. The summed E-state index contributed by atoms with van der Waals surface area (Å²) >= 11 is 17.1. The van der Waals surface area contributed by atoms with E-state index in [1.807, 2.05) is 0 Å². The van der Waals surface area contributed by atoms with Gasteiger partial charge in [0, 0.05) is 16.8 Å². The third-order valence-electron chi connectivity index (χ3n) is 4.07. The summed E-state index contributed by atoms with van der Waals surface area (Å²) in [5.74, 6) is 1.74. The number of carbonyl (C=O) groups excluding carboxylic acids is 1. The number of furan rings is 1. The third kappa shape index (κ3) is 5.32. The van der Waals surface area contributed by atoms with Crippen LogP contribution in [0.25, 0.3) is 0 Å². The number of rotatable bonds is 5. The van der Waals surface area contributed by atoms with Crippen molar-refractivity contribution in [2.75, 3.05) is 12.1 Å². The van der Waals surface area contributed by atoms with Crippen molar-refractivity contribution in [3.8, 4) is 17.2 Å². The number of hydrogen-bond acceptors (Lipinski definition) is 6. The average molecular weight is 480 g/mol. The van der Waals surface area contributed by atoms with Gasteiger partial charge in [0.05, 0.1) is 5.02 Å². The summed E-state index contributed by atoms with van der Waals surface area (Å²) in [7, 11) is 0. The topological polar surface area (TPSA) is 94.0 Å². The Morgan fingerprint density at radius 2 is 1.87 bits per heavy atom. The number of thiocarbonyl (C=S) groups is 1. The number of carbonyl (C=O) groups is 1. The molecule has 0 saturated heterocycles. The summed E-state index contributed by atoms with van der Waals surface area (Å²) in [6, 6.07) is 13.3. The first-order chi connectivity index (χ1) is 15.0. The first-order valence-electron chi connectivity index (χ1n) is 8.91. The quantitative estimate of drug-likeness (QED) is 0.363. The fourth-order valence-electron chi connectivity index (χ4n) is 2.63. The van der Waals surface area contributed by atoms with E-state index in [1.54, 1.807) is 42.5 Å². The highest BCUT2D eigenvalue weighted by Gasteiger charge is 2.15. The number of hydrazine groups is 1. The van der Waals surface area contributed by atoms with Crippen LogP contribution in [0.2, 0.25) is 10.0 Å². The van der Waals surface area contributed by atoms with Gasteiger partial charge in [0.2, 0.25) is 6.79 Å². The van der Waals surface area contributed by atoms with Crippen LogP contribution in [0.5, 0.6) is 17.2 Å². The molecule has 2 aromatic carbocycles. The van der Waals surface area contributed by atoms with Crippen molar-refractivity contribution in [2.24, 2.45) is 0 Å². The van der Waals surface area contributed by atoms with E-state index in [2.05, 4.69) is 16.2 Å². The van der Waals surface area contributed by atoms with Crippen LogP contribution in [0.4, 0.5) is 5.69 Å². The number of hydrogen-bond donors (Lipinski definition) is 3. The molecule has 1 aromatic heterocycles. The van der Waals surface area contributed by atoms with Gasteiger partial charge in [0.25, 0.3) is 0 Å². The lowest BCUT2D eigenvalue weighted by molar-refractivity contribution is 0.0912. The second-order valence-corrected chi connectivity index (χ2v) is 7.48. The highest BCUT2D eigenvalue weighted by molar-refractivity contribution is 7.80. The van der Waals surface area contributed by atoms with Crippen LogP contribution in [0.3, 0.4) is 0 Å². The van der Waals surface area contributed by atoms with Crippen LogP contribution in [0.15, 0.2) is 52.9 Å². The van der Waals surface area contributed by atoms with Gasteiger partial charge < -0.3 is 23.9 Å². The maximum absolute atomic E-state index is 12.3. The van der Waals surface area contributed by atoms with Crippen LogP contribution in [0.1, 0.15) is 16.3 Å². The summed E-state index contributed by atoms with van der Waals surface area (Å²) < 4.78 is 21.6. The Morgan fingerprint density at radius 3 is 2.71 bits per heavy atom. The maximum atomic E-state index is 12.3. The van der Waals surface area contributed by atoms with Crippen molar-refractivity contribution in [3.05, 3.63) is 70.1 Å². The standard InChI is InChI=1S/C20H15Cl2N3O5S/c21-11-1-4-15(14(22)7-11)27-9-13-3-6-17(30-13)19(26)24-25-20(31)23-12-2-5-16-18(8-12)29-10-28-16/h1-8H,9-10H2,(H,24,26)(H2,23,25,31). The minimum atomic E-state index is -0.509. The molecule has 1 aliphatic rings. The lowest BCUT2D eigenvalue weighted by atomic mass is 10.3. The molecule has 3 N–H and O–H groups in total. The van der Waals surface area contributed by atoms with Crippen molar-refractivity contribution in [1.82, 2.24) is 10.9 Å². The molecule has 0 spiro atoms. The number of benzene rings is 2. The predicted octanol–water partition coefficient (Wildman–Crippen LogP) is 4.53. The molecule has 2 heterocycles. The second-order valence-electron chi connectivity index (χ2n) is 6.23. The normalized spacial score (nSPS) is 11.7. The van der Waals surface area contributed by atoms with E-state index in [9.17, 15) is 4.79 Å². The van der Waals surface area contributed by atoms with Crippen LogP contribution >= 0.6 is 35.4 Å². The monoisotopic (exact) mass is 479 g/mol. The Hall–Kier alpha value is -3.14. The zero-order valence-electron chi connectivity index (χ0n) is 15.7. The molecule has 31 heavy (non-hydrogen) atoms. The minimum absolute atomic E-state index is 0.0826. The van der Waals surface area contributed by atoms with Gasteiger partial charge in [-0.15, -0.1) is 0 Å². The number of ether oxygens (including phenoxy) is 3. The van der Waals surface area contributed by atoms with Gasteiger partial charge in [0.1, 0.15) is 18.1 Å². The first-order valence-corrected chi connectivity index (χ1v) is 10.1. The molecule has 4 rings (SSSR count). The van der Waals surface area contributed by atoms with E-state index in [0.717, 1.165) is 0 Å². The molecule has 1 amide bonds. The lowest BCUT2D eigenvalue weighted by Crippen LogP contribution is -2.43. The largest absolute Gasteiger partial charge is 0.484 e. The predicted molar refractivity (Wildman–Crippen MR) is 119 cm³/mol. The zero-order chi connectivity index (χ0) is 21.8. The van der Waals surface area contributed by atoms with Crippen molar-refractivity contribution < 1.29 is 23.4 Å². The van der Waals surface area contributed by atoms with Crippen LogP contribution < -0.4 is 30.4 Å². The number of nitrogens with one attached hydrogen (secondary N) is 3. The third-order valence-corrected chi connectivity index (χ3v) is 4.80. The Labute approximate surface area is 192 Å². The molecule has 0 saturated carbocycles. The molecule has 8 nitrogen and oxygen atoms in total. The summed E-state index contributed by atoms with van der Waals surface area (Å²) in [5.41, 5.74) is 5.73. The summed E-state index contributed by atoms with van der Waals surface area (Å²) in [6.45, 7) is 0.270. The fraction of sp³-hybridized carbons (Fsp3) is 0.100. The molecule has 0 unspecified atom stereocenters.